The van der Waals surface area contributed by atoms with Gasteiger partial charge in [-0.1, -0.05) is 0 Å². The summed E-state index contributed by atoms with van der Waals surface area (Å²) in [5.41, 5.74) is 0. The third-order valence-corrected chi connectivity index (χ3v) is 2.87. The maximum atomic E-state index is 11.6. The third kappa shape index (κ3) is 4.93. The van der Waals surface area contributed by atoms with Crippen molar-refractivity contribution in [2.75, 3.05) is 20.3 Å². The summed E-state index contributed by atoms with van der Waals surface area (Å²) in [6.07, 6.45) is 0. The molecule has 1 N–H and O–H groups in total. The van der Waals surface area contributed by atoms with Crippen molar-refractivity contribution in [1.29, 1.82) is 0 Å². The molecule has 0 aliphatic heterocycles. The van der Waals surface area contributed by atoms with Crippen molar-refractivity contribution in [1.82, 2.24) is 0 Å². The normalized spacial score (nSPS) is 13.0. The fraction of sp³-hybridized carbons (Fsp3) is 0.714. The van der Waals surface area contributed by atoms with E-state index in [4.69, 9.17) is 14.2 Å². The molecule has 0 bridgehead atoms. The van der Waals surface area contributed by atoms with Crippen molar-refractivity contribution in [3.8, 4) is 0 Å². The Balaban J connectivity index is 4.49. The molecule has 0 aromatic rings. The maximum Gasteiger partial charge on any atom is 0.361 e. The number of aliphatic hydroxyl groups excluding tert-OH is 1. The molecule has 0 atom stereocenters. The highest BCUT2D eigenvalue weighted by Gasteiger charge is 2.21. The lowest BCUT2D eigenvalue weighted by Gasteiger charge is -2.12. The highest BCUT2D eigenvalue weighted by atomic mass is 31.2. The summed E-state index contributed by atoms with van der Waals surface area (Å²) in [4.78, 5) is 0. The fourth-order valence-electron chi connectivity index (χ4n) is 0.660. The quantitative estimate of drug-likeness (QED) is 0.538. The summed E-state index contributed by atoms with van der Waals surface area (Å²) in [5, 5.41) is 8.95. The summed E-state index contributed by atoms with van der Waals surface area (Å²) in [7, 11) is -2.07. The molecule has 0 aliphatic rings. The molecule has 0 saturated carbocycles. The first-order valence-corrected chi connectivity index (χ1v) is 5.53. The van der Waals surface area contributed by atoms with Crippen molar-refractivity contribution in [2.24, 2.45) is 0 Å². The molecule has 78 valence electrons. The topological polar surface area (TPSA) is 65.0 Å². The van der Waals surface area contributed by atoms with Crippen molar-refractivity contribution in [2.45, 2.75) is 13.8 Å². The van der Waals surface area contributed by atoms with Crippen molar-refractivity contribution < 1.29 is 23.5 Å². The minimum atomic E-state index is -3.33. The van der Waals surface area contributed by atoms with E-state index in [2.05, 4.69) is 4.74 Å². The Hall–Kier alpha value is -0.510. The minimum Gasteiger partial charge on any atom is -0.481 e. The number of aliphatic hydroxyl groups is 1. The molecule has 0 heterocycles. The lowest BCUT2D eigenvalue weighted by atomic mass is 10.9. The van der Waals surface area contributed by atoms with Crippen molar-refractivity contribution in [3.63, 3.8) is 0 Å². The molecule has 0 aromatic heterocycles. The number of hydrogen-bond donors (Lipinski definition) is 1. The Morgan fingerprint density at radius 1 is 1.38 bits per heavy atom. The Morgan fingerprint density at radius 3 is 2.15 bits per heavy atom. The molecule has 0 saturated heterocycles. The van der Waals surface area contributed by atoms with Crippen molar-refractivity contribution in [3.05, 3.63) is 11.8 Å². The van der Waals surface area contributed by atoms with Crippen LogP contribution in [-0.4, -0.2) is 25.4 Å². The first kappa shape index (κ1) is 12.5. The van der Waals surface area contributed by atoms with Crippen LogP contribution in [0.15, 0.2) is 11.8 Å². The second kappa shape index (κ2) is 6.02. The zero-order valence-corrected chi connectivity index (χ0v) is 8.91. The van der Waals surface area contributed by atoms with Gasteiger partial charge < -0.3 is 18.9 Å². The molecule has 0 aliphatic carbocycles. The smallest absolute Gasteiger partial charge is 0.361 e. The molecule has 0 fully saturated rings. The zero-order valence-electron chi connectivity index (χ0n) is 8.02. The van der Waals surface area contributed by atoms with Crippen LogP contribution >= 0.6 is 7.60 Å². The second-order valence-electron chi connectivity index (χ2n) is 2.05. The van der Waals surface area contributed by atoms with Gasteiger partial charge in [-0.2, -0.15) is 0 Å². The molecule has 0 amide bonds. The van der Waals surface area contributed by atoms with E-state index < -0.39 is 13.5 Å². The molecule has 6 heteroatoms. The highest BCUT2D eigenvalue weighted by molar-refractivity contribution is 7.57. The Labute approximate surface area is 77.8 Å². The van der Waals surface area contributed by atoms with E-state index in [-0.39, 0.29) is 13.2 Å². The van der Waals surface area contributed by atoms with Gasteiger partial charge in [0.15, 0.2) is 0 Å². The van der Waals surface area contributed by atoms with Crippen LogP contribution in [0, 0.1) is 0 Å². The van der Waals surface area contributed by atoms with Gasteiger partial charge in [-0.25, -0.2) is 0 Å². The summed E-state index contributed by atoms with van der Waals surface area (Å²) in [6, 6.07) is 0. The number of hydrogen-bond acceptors (Lipinski definition) is 5. The minimum absolute atomic E-state index is 0.241. The molecule has 0 spiro atoms. The number of methoxy groups -OCH3 is 1. The molecular formula is C7H15O5P. The van der Waals surface area contributed by atoms with Crippen LogP contribution in [0.4, 0.5) is 0 Å². The molecule has 0 rings (SSSR count). The van der Waals surface area contributed by atoms with E-state index in [0.29, 0.717) is 0 Å². The fourth-order valence-corrected chi connectivity index (χ4v) is 1.98. The standard InChI is InChI=1S/C7H15O5P/c1-4-11-13(9,12-5-2)6-7(8)10-3/h6,8H,4-5H2,1-3H3/b7-6-. The van der Waals surface area contributed by atoms with Gasteiger partial charge in [-0.3, -0.25) is 4.57 Å². The molecular weight excluding hydrogens is 195 g/mol. The Morgan fingerprint density at radius 2 is 1.85 bits per heavy atom. The largest absolute Gasteiger partial charge is 0.481 e. The van der Waals surface area contributed by atoms with Crippen molar-refractivity contribution >= 4 is 7.60 Å². The van der Waals surface area contributed by atoms with Gasteiger partial charge in [-0.05, 0) is 13.8 Å². The summed E-state index contributed by atoms with van der Waals surface area (Å²) >= 11 is 0. The van der Waals surface area contributed by atoms with Crippen LogP contribution in [0.5, 0.6) is 0 Å². The summed E-state index contributed by atoms with van der Waals surface area (Å²) < 4.78 is 25.8. The average Bonchev–Trinajstić information content (AvgIpc) is 2.04. The van der Waals surface area contributed by atoms with E-state index in [1.165, 1.54) is 7.11 Å². The predicted molar refractivity (Wildman–Crippen MR) is 48.6 cm³/mol. The molecule has 13 heavy (non-hydrogen) atoms. The van der Waals surface area contributed by atoms with Crippen LogP contribution in [0.2, 0.25) is 0 Å². The van der Waals surface area contributed by atoms with Crippen LogP contribution < -0.4 is 0 Å². The van der Waals surface area contributed by atoms with E-state index in [1.807, 2.05) is 0 Å². The third-order valence-electron chi connectivity index (χ3n) is 1.10. The molecule has 0 radical (unpaired) electrons. The van der Waals surface area contributed by atoms with Gasteiger partial charge in [0.2, 0.25) is 0 Å². The Kier molecular flexibility index (Phi) is 5.79. The van der Waals surface area contributed by atoms with Crippen LogP contribution in [0.25, 0.3) is 0 Å². The number of rotatable bonds is 6. The predicted octanol–water partition coefficient (Wildman–Crippen LogP) is 2.26. The maximum absolute atomic E-state index is 11.6. The SMILES string of the molecule is CCOP(=O)(/C=C(/O)OC)OCC. The molecule has 0 aromatic carbocycles. The van der Waals surface area contributed by atoms with Gasteiger partial charge in [0, 0.05) is 0 Å². The van der Waals surface area contributed by atoms with E-state index >= 15 is 0 Å². The van der Waals surface area contributed by atoms with Crippen LogP contribution in [-0.2, 0) is 18.3 Å². The number of ether oxygens (including phenoxy) is 1. The van der Waals surface area contributed by atoms with Gasteiger partial charge in [-0.15, -0.1) is 0 Å². The zero-order chi connectivity index (χ0) is 10.3. The first-order chi connectivity index (χ1) is 6.08. The molecule has 0 unspecified atom stereocenters. The highest BCUT2D eigenvalue weighted by Crippen LogP contribution is 2.50. The average molecular weight is 210 g/mol. The van der Waals surface area contributed by atoms with Gasteiger partial charge >= 0.3 is 7.60 Å². The first-order valence-electron chi connectivity index (χ1n) is 3.92. The van der Waals surface area contributed by atoms with Gasteiger partial charge in [0.1, 0.15) is 5.82 Å². The van der Waals surface area contributed by atoms with Crippen LogP contribution in [0.1, 0.15) is 13.8 Å². The molecule has 5 nitrogen and oxygen atoms in total. The van der Waals surface area contributed by atoms with Crippen LogP contribution in [0.3, 0.4) is 0 Å². The summed E-state index contributed by atoms with van der Waals surface area (Å²) in [5.74, 6) is 0.477. The lowest BCUT2D eigenvalue weighted by molar-refractivity contribution is 0.135. The summed E-state index contributed by atoms with van der Waals surface area (Å²) in [6.45, 7) is 3.85. The second-order valence-corrected chi connectivity index (χ2v) is 3.90. The van der Waals surface area contributed by atoms with Gasteiger partial charge in [0.05, 0.1) is 20.3 Å². The van der Waals surface area contributed by atoms with Gasteiger partial charge in [0.25, 0.3) is 5.95 Å². The monoisotopic (exact) mass is 210 g/mol. The van der Waals surface area contributed by atoms with E-state index in [0.717, 1.165) is 5.82 Å². The van der Waals surface area contributed by atoms with E-state index in [1.54, 1.807) is 13.8 Å². The Bertz CT molecular complexity index is 203. The lowest BCUT2D eigenvalue weighted by Crippen LogP contribution is -1.95. The van der Waals surface area contributed by atoms with E-state index in [9.17, 15) is 4.57 Å².